The molecule has 0 fully saturated rings. The highest BCUT2D eigenvalue weighted by Gasteiger charge is 2.22. The first-order chi connectivity index (χ1) is 12.4. The molecule has 0 bridgehead atoms. The lowest BCUT2D eigenvalue weighted by atomic mass is 9.94. The van der Waals surface area contributed by atoms with E-state index in [-0.39, 0.29) is 0 Å². The van der Waals surface area contributed by atoms with Crippen molar-refractivity contribution in [3.05, 3.63) is 96.1 Å². The van der Waals surface area contributed by atoms with Crippen LogP contribution in [0.1, 0.15) is 17.5 Å². The first kappa shape index (κ1) is 14.5. The van der Waals surface area contributed by atoms with E-state index in [0.717, 1.165) is 12.8 Å². The molecule has 0 aromatic heterocycles. The van der Waals surface area contributed by atoms with Gasteiger partial charge >= 0.3 is 0 Å². The Morgan fingerprint density at radius 2 is 1.28 bits per heavy atom. The van der Waals surface area contributed by atoms with Gasteiger partial charge in [0.1, 0.15) is 0 Å². The second-order valence-corrected chi connectivity index (χ2v) is 6.89. The van der Waals surface area contributed by atoms with Crippen molar-refractivity contribution in [1.82, 2.24) is 0 Å². The van der Waals surface area contributed by atoms with Crippen molar-refractivity contribution in [3.63, 3.8) is 0 Å². The van der Waals surface area contributed by atoms with Crippen molar-refractivity contribution < 1.29 is 0 Å². The van der Waals surface area contributed by atoms with E-state index in [0.29, 0.717) is 0 Å². The molecule has 1 aliphatic carbocycles. The van der Waals surface area contributed by atoms with Gasteiger partial charge in [0.25, 0.3) is 0 Å². The van der Waals surface area contributed by atoms with E-state index in [9.17, 15) is 0 Å². The molecular weight excluding hydrogens is 300 g/mol. The topological polar surface area (TPSA) is 0 Å². The van der Waals surface area contributed by atoms with E-state index in [4.69, 9.17) is 0 Å². The molecule has 0 atom stereocenters. The summed E-state index contributed by atoms with van der Waals surface area (Å²) in [4.78, 5) is 0. The fourth-order valence-electron chi connectivity index (χ4n) is 4.23. The zero-order valence-electron chi connectivity index (χ0n) is 14.2. The van der Waals surface area contributed by atoms with E-state index in [1.54, 1.807) is 0 Å². The Balaban J connectivity index is 1.55. The number of rotatable bonds is 4. The summed E-state index contributed by atoms with van der Waals surface area (Å²) >= 11 is 0. The van der Waals surface area contributed by atoms with Gasteiger partial charge in [0, 0.05) is 0 Å². The predicted octanol–water partition coefficient (Wildman–Crippen LogP) is 6.66. The fourth-order valence-corrected chi connectivity index (χ4v) is 4.23. The average Bonchev–Trinajstić information content (AvgIpc) is 3.01. The number of fused-ring (bicyclic) bond motifs is 3. The monoisotopic (exact) mass is 320 g/mol. The highest BCUT2D eigenvalue weighted by molar-refractivity contribution is 6.16. The van der Waals surface area contributed by atoms with Gasteiger partial charge in [-0.15, -0.1) is 0 Å². The molecule has 0 saturated heterocycles. The molecule has 4 aromatic carbocycles. The van der Waals surface area contributed by atoms with Crippen molar-refractivity contribution in [2.45, 2.75) is 19.3 Å². The highest BCUT2D eigenvalue weighted by Crippen LogP contribution is 2.48. The summed E-state index contributed by atoms with van der Waals surface area (Å²) in [7, 11) is 0. The summed E-state index contributed by atoms with van der Waals surface area (Å²) in [6.07, 6.45) is 3.46. The Hall–Kier alpha value is -2.86. The summed E-state index contributed by atoms with van der Waals surface area (Å²) in [6, 6.07) is 31.0. The van der Waals surface area contributed by atoms with Gasteiger partial charge in [-0.25, -0.2) is 0 Å². The SMILES string of the molecule is c1ccc(CCCc2ccc3cccc4c3c2-c2ccccc2-4)cc1. The van der Waals surface area contributed by atoms with Crippen LogP contribution in [0.2, 0.25) is 0 Å². The van der Waals surface area contributed by atoms with E-state index >= 15 is 0 Å². The van der Waals surface area contributed by atoms with Crippen molar-refractivity contribution in [2.75, 3.05) is 0 Å². The molecule has 0 saturated carbocycles. The molecule has 0 heteroatoms. The lowest BCUT2D eigenvalue weighted by Crippen LogP contribution is -1.93. The van der Waals surface area contributed by atoms with E-state index < -0.39 is 0 Å². The van der Waals surface area contributed by atoms with Crippen LogP contribution in [0.5, 0.6) is 0 Å². The summed E-state index contributed by atoms with van der Waals surface area (Å²) in [5.74, 6) is 0. The minimum Gasteiger partial charge on any atom is -0.0622 e. The molecule has 120 valence electrons. The molecule has 0 amide bonds. The molecule has 0 N–H and O–H groups in total. The summed E-state index contributed by atoms with van der Waals surface area (Å²) in [6.45, 7) is 0. The van der Waals surface area contributed by atoms with Crippen molar-refractivity contribution >= 4 is 10.8 Å². The van der Waals surface area contributed by atoms with Crippen LogP contribution in [-0.2, 0) is 12.8 Å². The minimum absolute atomic E-state index is 1.13. The van der Waals surface area contributed by atoms with E-state index in [1.165, 1.54) is 50.6 Å². The highest BCUT2D eigenvalue weighted by atomic mass is 14.3. The Labute approximate surface area is 148 Å². The average molecular weight is 320 g/mol. The van der Waals surface area contributed by atoms with Gasteiger partial charge in [-0.3, -0.25) is 0 Å². The van der Waals surface area contributed by atoms with Crippen LogP contribution < -0.4 is 0 Å². The van der Waals surface area contributed by atoms with Gasteiger partial charge in [0.2, 0.25) is 0 Å². The van der Waals surface area contributed by atoms with Gasteiger partial charge in [0.05, 0.1) is 0 Å². The minimum atomic E-state index is 1.13. The molecule has 4 aromatic rings. The largest absolute Gasteiger partial charge is 0.0622 e. The predicted molar refractivity (Wildman–Crippen MR) is 107 cm³/mol. The number of hydrogen-bond donors (Lipinski definition) is 0. The van der Waals surface area contributed by atoms with Gasteiger partial charge in [-0.05, 0) is 63.4 Å². The Morgan fingerprint density at radius 3 is 2.16 bits per heavy atom. The van der Waals surface area contributed by atoms with E-state index in [2.05, 4.69) is 84.9 Å². The second kappa shape index (κ2) is 5.89. The van der Waals surface area contributed by atoms with Gasteiger partial charge < -0.3 is 0 Å². The first-order valence-corrected chi connectivity index (χ1v) is 9.10. The quantitative estimate of drug-likeness (QED) is 0.347. The second-order valence-electron chi connectivity index (χ2n) is 6.89. The number of benzene rings is 4. The van der Waals surface area contributed by atoms with Gasteiger partial charge in [0.15, 0.2) is 0 Å². The van der Waals surface area contributed by atoms with E-state index in [1.807, 2.05) is 0 Å². The van der Waals surface area contributed by atoms with Crippen LogP contribution in [0.25, 0.3) is 33.0 Å². The Morgan fingerprint density at radius 1 is 0.520 bits per heavy atom. The third-order valence-electron chi connectivity index (χ3n) is 5.37. The maximum Gasteiger partial charge on any atom is -0.00236 e. The van der Waals surface area contributed by atoms with Crippen LogP contribution in [-0.4, -0.2) is 0 Å². The van der Waals surface area contributed by atoms with Gasteiger partial charge in [-0.1, -0.05) is 84.9 Å². The fraction of sp³-hybridized carbons (Fsp3) is 0.120. The lowest BCUT2D eigenvalue weighted by molar-refractivity contribution is 0.823. The Bertz CT molecular complexity index is 1060. The van der Waals surface area contributed by atoms with Crippen molar-refractivity contribution in [2.24, 2.45) is 0 Å². The molecule has 5 rings (SSSR count). The Kier molecular flexibility index (Phi) is 3.41. The normalized spacial score (nSPS) is 11.7. The molecule has 0 spiro atoms. The smallest absolute Gasteiger partial charge is 0.00236 e. The summed E-state index contributed by atoms with van der Waals surface area (Å²) in [5, 5.41) is 2.80. The van der Waals surface area contributed by atoms with Crippen molar-refractivity contribution in [1.29, 1.82) is 0 Å². The maximum absolute atomic E-state index is 2.34. The number of aryl methyl sites for hydroxylation is 2. The maximum atomic E-state index is 2.34. The van der Waals surface area contributed by atoms with Crippen LogP contribution in [0, 0.1) is 0 Å². The molecular formula is C25H20. The summed E-state index contributed by atoms with van der Waals surface area (Å²) in [5.41, 5.74) is 8.58. The molecule has 25 heavy (non-hydrogen) atoms. The zero-order valence-corrected chi connectivity index (χ0v) is 14.2. The standard InChI is InChI=1S/C25H20/c1-2-8-18(9-3-1)10-6-11-19-16-17-20-12-7-15-23-21-13-4-5-14-22(21)24(19)25(20)23/h1-5,7-9,12-17H,6,10-11H2. The first-order valence-electron chi connectivity index (χ1n) is 9.10. The van der Waals surface area contributed by atoms with Gasteiger partial charge in [-0.2, -0.15) is 0 Å². The number of hydrogen-bond acceptors (Lipinski definition) is 0. The summed E-state index contributed by atoms with van der Waals surface area (Å²) < 4.78 is 0. The van der Waals surface area contributed by atoms with Crippen molar-refractivity contribution in [3.8, 4) is 22.3 Å². The lowest BCUT2D eigenvalue weighted by Gasteiger charge is -2.10. The van der Waals surface area contributed by atoms with Crippen LogP contribution in [0.3, 0.4) is 0 Å². The van der Waals surface area contributed by atoms with Crippen LogP contribution in [0.4, 0.5) is 0 Å². The molecule has 0 heterocycles. The third kappa shape index (κ3) is 2.37. The van der Waals surface area contributed by atoms with Crippen LogP contribution in [0.15, 0.2) is 84.9 Å². The molecule has 1 aliphatic rings. The third-order valence-corrected chi connectivity index (χ3v) is 5.37. The van der Waals surface area contributed by atoms with Crippen LogP contribution >= 0.6 is 0 Å². The molecule has 0 aliphatic heterocycles. The zero-order chi connectivity index (χ0) is 16.6. The molecule has 0 nitrogen and oxygen atoms in total. The molecule has 0 radical (unpaired) electrons. The molecule has 0 unspecified atom stereocenters.